The summed E-state index contributed by atoms with van der Waals surface area (Å²) >= 11 is 0. The largest absolute Gasteiger partial charge is 0.462 e. The van der Waals surface area contributed by atoms with Gasteiger partial charge in [0.2, 0.25) is 0 Å². The van der Waals surface area contributed by atoms with Gasteiger partial charge in [-0.1, -0.05) is 6.42 Å². The number of carbonyl (C=O) groups is 2. The van der Waals surface area contributed by atoms with Gasteiger partial charge >= 0.3 is 12.0 Å². The van der Waals surface area contributed by atoms with Crippen LogP contribution in [-0.4, -0.2) is 73.0 Å². The molecule has 1 saturated heterocycles. The Kier molecular flexibility index (Phi) is 11.6. The quantitative estimate of drug-likeness (QED) is 0.326. The average Bonchev–Trinajstić information content (AvgIpc) is 2.88. The maximum Gasteiger partial charge on any atom is 0.320 e. The van der Waals surface area contributed by atoms with Crippen LogP contribution in [0.25, 0.3) is 0 Å². The number of nitrogens with zero attached hydrogens (tertiary/aromatic N) is 3. The molecule has 0 spiro atoms. The van der Waals surface area contributed by atoms with Crippen LogP contribution in [0.2, 0.25) is 0 Å². The lowest BCUT2D eigenvalue weighted by Crippen LogP contribution is -2.54. The smallest absolute Gasteiger partial charge is 0.320 e. The summed E-state index contributed by atoms with van der Waals surface area (Å²) in [6.07, 6.45) is 9.04. The molecular formula is C26H41Cl2N5O3. The molecular weight excluding hydrogens is 501 g/mol. The van der Waals surface area contributed by atoms with Crippen molar-refractivity contribution in [1.82, 2.24) is 9.80 Å². The summed E-state index contributed by atoms with van der Waals surface area (Å²) in [4.78, 5) is 31.8. The number of anilines is 1. The van der Waals surface area contributed by atoms with Gasteiger partial charge in [0.1, 0.15) is 11.9 Å². The first-order valence-corrected chi connectivity index (χ1v) is 12.8. The van der Waals surface area contributed by atoms with Crippen LogP contribution in [0.3, 0.4) is 0 Å². The number of piperazine rings is 1. The number of carbonyl (C=O) groups excluding carboxylic acids is 2. The van der Waals surface area contributed by atoms with Crippen LogP contribution < -0.4 is 10.6 Å². The second-order valence-corrected chi connectivity index (χ2v) is 10.0. The summed E-state index contributed by atoms with van der Waals surface area (Å²) in [6.45, 7) is 2.92. The van der Waals surface area contributed by atoms with Crippen LogP contribution >= 0.6 is 24.8 Å². The summed E-state index contributed by atoms with van der Waals surface area (Å²) in [5.74, 6) is 0.0338. The molecule has 2 saturated carbocycles. The molecule has 1 aromatic carbocycles. The molecule has 8 nitrogen and oxygen atoms in total. The third-order valence-corrected chi connectivity index (χ3v) is 7.81. The zero-order valence-corrected chi connectivity index (χ0v) is 22.8. The molecule has 1 aromatic rings. The Morgan fingerprint density at radius 2 is 1.50 bits per heavy atom. The highest BCUT2D eigenvalue weighted by molar-refractivity contribution is 5.95. The minimum atomic E-state index is -0.0215. The van der Waals surface area contributed by atoms with E-state index in [1.807, 2.05) is 41.1 Å². The van der Waals surface area contributed by atoms with E-state index in [9.17, 15) is 9.59 Å². The number of urea groups is 1. The van der Waals surface area contributed by atoms with Gasteiger partial charge < -0.3 is 25.2 Å². The van der Waals surface area contributed by atoms with E-state index in [0.29, 0.717) is 13.1 Å². The maximum atomic E-state index is 13.1. The summed E-state index contributed by atoms with van der Waals surface area (Å²) in [6, 6.07) is 7.97. The number of hydrogen-bond acceptors (Lipinski definition) is 5. The van der Waals surface area contributed by atoms with E-state index in [1.54, 1.807) is 0 Å². The Morgan fingerprint density at radius 3 is 2.06 bits per heavy atom. The van der Waals surface area contributed by atoms with Gasteiger partial charge in [0, 0.05) is 50.5 Å². The lowest BCUT2D eigenvalue weighted by Gasteiger charge is -2.41. The lowest BCUT2D eigenvalue weighted by molar-refractivity contribution is -0.157. The van der Waals surface area contributed by atoms with Crippen molar-refractivity contribution in [2.75, 3.05) is 38.1 Å². The van der Waals surface area contributed by atoms with Crippen LogP contribution in [0, 0.1) is 11.3 Å². The molecule has 1 aliphatic heterocycles. The Bertz CT molecular complexity index is 863. The van der Waals surface area contributed by atoms with Crippen LogP contribution in [0.15, 0.2) is 24.3 Å². The fourth-order valence-corrected chi connectivity index (χ4v) is 5.53. The van der Waals surface area contributed by atoms with E-state index in [1.165, 1.54) is 6.42 Å². The van der Waals surface area contributed by atoms with Gasteiger partial charge in [0.05, 0.1) is 5.92 Å². The highest BCUT2D eigenvalue weighted by atomic mass is 35.5. The van der Waals surface area contributed by atoms with Gasteiger partial charge in [-0.15, -0.1) is 24.8 Å². The molecule has 0 atom stereocenters. The number of amides is 2. The van der Waals surface area contributed by atoms with Gasteiger partial charge in [-0.25, -0.2) is 4.79 Å². The molecule has 4 rings (SSSR count). The molecule has 36 heavy (non-hydrogen) atoms. The fourth-order valence-electron chi connectivity index (χ4n) is 5.53. The van der Waals surface area contributed by atoms with Gasteiger partial charge in [-0.2, -0.15) is 0 Å². The van der Waals surface area contributed by atoms with Crippen LogP contribution in [0.1, 0.15) is 63.4 Å². The van der Waals surface area contributed by atoms with Crippen molar-refractivity contribution in [3.63, 3.8) is 0 Å². The van der Waals surface area contributed by atoms with Crippen molar-refractivity contribution >= 4 is 48.3 Å². The Hall–Kier alpha value is -2.19. The summed E-state index contributed by atoms with van der Waals surface area (Å²) in [5.41, 5.74) is 7.35. The number of nitrogens with two attached hydrogens (primary N) is 1. The normalized spacial score (nSPS) is 22.6. The molecule has 0 aromatic heterocycles. The molecule has 3 aliphatic rings. The van der Waals surface area contributed by atoms with E-state index in [-0.39, 0.29) is 60.7 Å². The minimum absolute atomic E-state index is 0. The standard InChI is InChI=1S/C26H39N5O3.2ClH/c1-29(21-11-9-20(10-12-21)25(32)34-23-5-3-2-4-6-23)26(33)31-17-15-30(16-18-31)22-13-7-19(8-14-22)24(27)28;;/h7-8,13-14,20-21,23H,2-6,9-12,15-18H2,1H3,(H3,27,28);2*1H/t20-,21-;;. The predicted octanol–water partition coefficient (Wildman–Crippen LogP) is 4.42. The van der Waals surface area contributed by atoms with Crippen molar-refractivity contribution in [1.29, 1.82) is 5.41 Å². The Labute approximate surface area is 227 Å². The van der Waals surface area contributed by atoms with Crippen LogP contribution in [0.4, 0.5) is 10.5 Å². The molecule has 2 amide bonds. The summed E-state index contributed by atoms with van der Waals surface area (Å²) < 4.78 is 5.78. The maximum absolute atomic E-state index is 13.1. The van der Waals surface area contributed by atoms with Gasteiger partial charge in [-0.05, 0) is 75.6 Å². The third kappa shape index (κ3) is 7.42. The first kappa shape index (κ1) is 30.0. The topological polar surface area (TPSA) is 103 Å². The predicted molar refractivity (Wildman–Crippen MR) is 148 cm³/mol. The zero-order chi connectivity index (χ0) is 24.1. The highest BCUT2D eigenvalue weighted by Gasteiger charge is 2.34. The number of ether oxygens (including phenoxy) is 1. The van der Waals surface area contributed by atoms with E-state index in [4.69, 9.17) is 15.9 Å². The molecule has 0 bridgehead atoms. The van der Waals surface area contributed by atoms with Gasteiger partial charge in [-0.3, -0.25) is 10.2 Å². The molecule has 202 valence electrons. The molecule has 0 unspecified atom stereocenters. The van der Waals surface area contributed by atoms with Crippen molar-refractivity contribution in [3.8, 4) is 0 Å². The zero-order valence-electron chi connectivity index (χ0n) is 21.2. The first-order valence-electron chi connectivity index (χ1n) is 12.8. The monoisotopic (exact) mass is 541 g/mol. The number of hydrogen-bond donors (Lipinski definition) is 2. The van der Waals surface area contributed by atoms with Crippen molar-refractivity contribution in [3.05, 3.63) is 29.8 Å². The van der Waals surface area contributed by atoms with E-state index in [2.05, 4.69) is 4.90 Å². The number of rotatable bonds is 5. The van der Waals surface area contributed by atoms with Crippen LogP contribution in [-0.2, 0) is 9.53 Å². The first-order chi connectivity index (χ1) is 16.4. The highest BCUT2D eigenvalue weighted by Crippen LogP contribution is 2.30. The molecule has 1 heterocycles. The van der Waals surface area contributed by atoms with Crippen LogP contribution in [0.5, 0.6) is 0 Å². The SMILES string of the molecule is CN(C(=O)N1CCN(c2ccc(C(=N)N)cc2)CC1)[C@H]1CC[C@H](C(=O)OC2CCCCC2)CC1.Cl.Cl. The number of benzene rings is 1. The molecule has 0 radical (unpaired) electrons. The number of halogens is 2. The van der Waals surface area contributed by atoms with E-state index >= 15 is 0 Å². The lowest BCUT2D eigenvalue weighted by atomic mass is 9.85. The minimum Gasteiger partial charge on any atom is -0.462 e. The third-order valence-electron chi connectivity index (χ3n) is 7.81. The van der Waals surface area contributed by atoms with E-state index < -0.39 is 0 Å². The summed E-state index contributed by atoms with van der Waals surface area (Å²) in [7, 11) is 1.90. The van der Waals surface area contributed by atoms with Gasteiger partial charge in [0.25, 0.3) is 0 Å². The van der Waals surface area contributed by atoms with Gasteiger partial charge in [0.15, 0.2) is 0 Å². The molecule has 10 heteroatoms. The van der Waals surface area contributed by atoms with Crippen molar-refractivity contribution in [2.24, 2.45) is 11.7 Å². The number of esters is 1. The van der Waals surface area contributed by atoms with Crippen molar-refractivity contribution in [2.45, 2.75) is 69.9 Å². The molecule has 3 fully saturated rings. The fraction of sp³-hybridized carbons (Fsp3) is 0.654. The summed E-state index contributed by atoms with van der Waals surface area (Å²) in [5, 5.41) is 7.53. The Balaban J connectivity index is 0.00000228. The number of nitrogens with one attached hydrogen (secondary N) is 1. The second kappa shape index (κ2) is 13.9. The van der Waals surface area contributed by atoms with Crippen molar-refractivity contribution < 1.29 is 14.3 Å². The molecule has 3 N–H and O–H groups in total. The number of amidine groups is 1. The number of nitrogen functional groups attached to an aromatic ring is 1. The molecule has 2 aliphatic carbocycles. The average molecular weight is 543 g/mol. The Morgan fingerprint density at radius 1 is 0.917 bits per heavy atom. The van der Waals surface area contributed by atoms with E-state index in [0.717, 1.165) is 75.7 Å². The second-order valence-electron chi connectivity index (χ2n) is 10.0.